The summed E-state index contributed by atoms with van der Waals surface area (Å²) < 4.78 is 2.03. The molecule has 0 radical (unpaired) electrons. The molecule has 0 aliphatic rings. The largest absolute Gasteiger partial charge is 0.395 e. The predicted molar refractivity (Wildman–Crippen MR) is 38.4 cm³/mol. The smallest absolute Gasteiger partial charge is 0.0566 e. The molecule has 0 aromatic carbocycles. The van der Waals surface area contributed by atoms with Crippen LogP contribution in [-0.4, -0.2) is 27.9 Å². The minimum atomic E-state index is 0.261. The van der Waals surface area contributed by atoms with Crippen LogP contribution in [0.1, 0.15) is 6.92 Å². The fourth-order valence-corrected chi connectivity index (χ4v) is 0.482. The topological polar surface area (TPSA) is 23.5 Å². The summed E-state index contributed by atoms with van der Waals surface area (Å²) in [6.45, 7) is 4.09. The fourth-order valence-electron chi connectivity index (χ4n) is 0.267. The number of rotatable bonds is 3. The molecule has 0 rings (SSSR count). The average molecular weight is 215 g/mol. The Morgan fingerprint density at radius 3 is 2.43 bits per heavy atom. The third-order valence-electron chi connectivity index (χ3n) is 0.686. The first kappa shape index (κ1) is 7.65. The SMILES string of the molecule is CCN(I)CCO. The van der Waals surface area contributed by atoms with Crippen molar-refractivity contribution in [3.05, 3.63) is 0 Å². The second-order valence-electron chi connectivity index (χ2n) is 1.23. The third-order valence-corrected chi connectivity index (χ3v) is 1.85. The van der Waals surface area contributed by atoms with Gasteiger partial charge >= 0.3 is 0 Å². The molecule has 0 saturated heterocycles. The van der Waals surface area contributed by atoms with Gasteiger partial charge in [-0.1, -0.05) is 6.92 Å². The van der Waals surface area contributed by atoms with Crippen LogP contribution < -0.4 is 0 Å². The van der Waals surface area contributed by atoms with Crippen LogP contribution >= 0.6 is 22.9 Å². The number of hydrogen-bond donors (Lipinski definition) is 1. The van der Waals surface area contributed by atoms with E-state index in [1.165, 1.54) is 0 Å². The van der Waals surface area contributed by atoms with Crippen LogP contribution in [0.4, 0.5) is 0 Å². The highest BCUT2D eigenvalue weighted by Gasteiger charge is 1.89. The first-order valence-electron chi connectivity index (χ1n) is 2.32. The molecule has 0 aliphatic carbocycles. The standard InChI is InChI=1S/C4H10INO/c1-2-6(5)3-4-7/h7H,2-4H2,1H3. The minimum absolute atomic E-state index is 0.261. The van der Waals surface area contributed by atoms with Crippen LogP contribution in [-0.2, 0) is 0 Å². The van der Waals surface area contributed by atoms with E-state index in [0.717, 1.165) is 13.1 Å². The van der Waals surface area contributed by atoms with Crippen molar-refractivity contribution in [1.29, 1.82) is 0 Å². The van der Waals surface area contributed by atoms with Crippen molar-refractivity contribution in [3.63, 3.8) is 0 Å². The van der Waals surface area contributed by atoms with Crippen molar-refractivity contribution in [2.75, 3.05) is 19.7 Å². The maximum atomic E-state index is 8.32. The van der Waals surface area contributed by atoms with Gasteiger partial charge in [-0.15, -0.1) is 0 Å². The Bertz CT molecular complexity index is 42.7. The molecular weight excluding hydrogens is 205 g/mol. The Labute approximate surface area is 58.0 Å². The van der Waals surface area contributed by atoms with Crippen LogP contribution in [0.5, 0.6) is 0 Å². The Hall–Kier alpha value is 0.650. The Balaban J connectivity index is 2.83. The predicted octanol–water partition coefficient (Wildman–Crippen LogP) is 0.651. The summed E-state index contributed by atoms with van der Waals surface area (Å²) in [6.07, 6.45) is 0. The molecule has 7 heavy (non-hydrogen) atoms. The Morgan fingerprint density at radius 1 is 1.71 bits per heavy atom. The first-order valence-corrected chi connectivity index (χ1v) is 3.29. The highest BCUT2D eigenvalue weighted by atomic mass is 127. The molecule has 0 aromatic rings. The van der Waals surface area contributed by atoms with Gasteiger partial charge in [-0.05, 0) is 0 Å². The molecule has 0 heterocycles. The molecule has 0 atom stereocenters. The van der Waals surface area contributed by atoms with Gasteiger partial charge < -0.3 is 5.11 Å². The lowest BCUT2D eigenvalue weighted by Gasteiger charge is -2.06. The lowest BCUT2D eigenvalue weighted by molar-refractivity contribution is 0.271. The van der Waals surface area contributed by atoms with Crippen molar-refractivity contribution >= 4 is 22.9 Å². The van der Waals surface area contributed by atoms with E-state index in [2.05, 4.69) is 29.8 Å². The number of halogens is 1. The van der Waals surface area contributed by atoms with Gasteiger partial charge in [-0.3, -0.25) is 0 Å². The van der Waals surface area contributed by atoms with Crippen molar-refractivity contribution < 1.29 is 5.11 Å². The van der Waals surface area contributed by atoms with E-state index in [-0.39, 0.29) is 6.61 Å². The molecule has 0 aliphatic heterocycles. The van der Waals surface area contributed by atoms with E-state index in [4.69, 9.17) is 5.11 Å². The van der Waals surface area contributed by atoms with E-state index in [0.29, 0.717) is 0 Å². The molecule has 0 saturated carbocycles. The quantitative estimate of drug-likeness (QED) is 0.551. The first-order chi connectivity index (χ1) is 3.31. The molecule has 0 fully saturated rings. The summed E-state index contributed by atoms with van der Waals surface area (Å²) in [5.74, 6) is 0. The summed E-state index contributed by atoms with van der Waals surface area (Å²) in [4.78, 5) is 0. The van der Waals surface area contributed by atoms with Crippen LogP contribution in [0, 0.1) is 0 Å². The number of nitrogens with zero attached hydrogens (tertiary/aromatic N) is 1. The monoisotopic (exact) mass is 215 g/mol. The molecule has 1 N–H and O–H groups in total. The summed E-state index contributed by atoms with van der Waals surface area (Å²) in [5.41, 5.74) is 0. The molecule has 0 unspecified atom stereocenters. The number of aliphatic hydroxyl groups is 1. The van der Waals surface area contributed by atoms with Gasteiger partial charge in [0.05, 0.1) is 6.61 Å². The van der Waals surface area contributed by atoms with Crippen molar-refractivity contribution in [2.45, 2.75) is 6.92 Å². The average Bonchev–Trinajstić information content (AvgIpc) is 1.68. The minimum Gasteiger partial charge on any atom is -0.395 e. The zero-order chi connectivity index (χ0) is 5.70. The van der Waals surface area contributed by atoms with Gasteiger partial charge in [0, 0.05) is 36.0 Å². The van der Waals surface area contributed by atoms with E-state index in [9.17, 15) is 0 Å². The zero-order valence-electron chi connectivity index (χ0n) is 4.39. The molecule has 0 amide bonds. The van der Waals surface area contributed by atoms with Gasteiger partial charge in [-0.25, -0.2) is 3.11 Å². The van der Waals surface area contributed by atoms with Crippen LogP contribution in [0.3, 0.4) is 0 Å². The lowest BCUT2D eigenvalue weighted by Crippen LogP contribution is -2.14. The molecule has 0 bridgehead atoms. The van der Waals surface area contributed by atoms with E-state index < -0.39 is 0 Å². The van der Waals surface area contributed by atoms with Crippen molar-refractivity contribution in [3.8, 4) is 0 Å². The van der Waals surface area contributed by atoms with Crippen LogP contribution in [0.15, 0.2) is 0 Å². The molecule has 0 aromatic heterocycles. The number of likely N-dealkylation sites (N-methyl/N-ethyl adjacent to an activating group) is 1. The van der Waals surface area contributed by atoms with Crippen LogP contribution in [0.25, 0.3) is 0 Å². The second kappa shape index (κ2) is 4.80. The summed E-state index contributed by atoms with van der Waals surface area (Å²) in [5, 5.41) is 8.32. The van der Waals surface area contributed by atoms with Gasteiger partial charge in [0.2, 0.25) is 0 Å². The van der Waals surface area contributed by atoms with E-state index >= 15 is 0 Å². The van der Waals surface area contributed by atoms with Gasteiger partial charge in [0.1, 0.15) is 0 Å². The summed E-state index contributed by atoms with van der Waals surface area (Å²) >= 11 is 2.18. The van der Waals surface area contributed by atoms with E-state index in [1.807, 2.05) is 3.11 Å². The summed E-state index contributed by atoms with van der Waals surface area (Å²) in [7, 11) is 0. The maximum absolute atomic E-state index is 8.32. The maximum Gasteiger partial charge on any atom is 0.0566 e. The Kier molecular flexibility index (Phi) is 5.25. The molecule has 3 heteroatoms. The third kappa shape index (κ3) is 4.50. The normalized spacial score (nSPS) is 10.3. The number of aliphatic hydroxyl groups excluding tert-OH is 1. The molecule has 0 spiro atoms. The molecule has 2 nitrogen and oxygen atoms in total. The lowest BCUT2D eigenvalue weighted by atomic mass is 10.6. The molecule has 44 valence electrons. The van der Waals surface area contributed by atoms with Gasteiger partial charge in [0.15, 0.2) is 0 Å². The highest BCUT2D eigenvalue weighted by Crippen LogP contribution is 1.93. The fraction of sp³-hybridized carbons (Fsp3) is 1.00. The highest BCUT2D eigenvalue weighted by molar-refractivity contribution is 14.1. The van der Waals surface area contributed by atoms with Crippen molar-refractivity contribution in [2.24, 2.45) is 0 Å². The van der Waals surface area contributed by atoms with E-state index in [1.54, 1.807) is 0 Å². The summed E-state index contributed by atoms with van der Waals surface area (Å²) in [6, 6.07) is 0. The van der Waals surface area contributed by atoms with Crippen LogP contribution in [0.2, 0.25) is 0 Å². The second-order valence-corrected chi connectivity index (χ2v) is 2.59. The number of hydrogen-bond acceptors (Lipinski definition) is 2. The van der Waals surface area contributed by atoms with Gasteiger partial charge in [-0.2, -0.15) is 0 Å². The van der Waals surface area contributed by atoms with Gasteiger partial charge in [0.25, 0.3) is 0 Å². The Morgan fingerprint density at radius 2 is 2.29 bits per heavy atom. The van der Waals surface area contributed by atoms with Crippen molar-refractivity contribution in [1.82, 2.24) is 3.11 Å². The molecular formula is C4H10INO. The zero-order valence-corrected chi connectivity index (χ0v) is 6.55.